The minimum atomic E-state index is -4.99. The van der Waals surface area contributed by atoms with Gasteiger partial charge in [-0.05, 0) is 25.0 Å². The second-order valence-electron chi connectivity index (χ2n) is 5.61. The zero-order chi connectivity index (χ0) is 20.0. The Morgan fingerprint density at radius 2 is 1.85 bits per heavy atom. The van der Waals surface area contributed by atoms with Crippen molar-refractivity contribution >= 4 is 11.9 Å². The minimum Gasteiger partial charge on any atom is -0.481 e. The van der Waals surface area contributed by atoms with Gasteiger partial charge in [0.05, 0.1) is 0 Å². The molecule has 0 bridgehead atoms. The van der Waals surface area contributed by atoms with Gasteiger partial charge in [-0.2, -0.15) is 13.2 Å². The SMILES string of the molecule is O=C(O)CCCCCNC(=O)c1nnn(-c2ccccc2F)c1C(F)(F)F. The molecule has 0 saturated heterocycles. The Balaban J connectivity index is 2.14. The number of rotatable bonds is 8. The number of unbranched alkanes of at least 4 members (excludes halogenated alkanes) is 2. The van der Waals surface area contributed by atoms with Gasteiger partial charge in [0, 0.05) is 13.0 Å². The molecule has 0 saturated carbocycles. The molecule has 7 nitrogen and oxygen atoms in total. The second kappa shape index (κ2) is 8.60. The number of para-hydroxylation sites is 1. The van der Waals surface area contributed by atoms with Crippen LogP contribution >= 0.6 is 0 Å². The summed E-state index contributed by atoms with van der Waals surface area (Å²) in [5.41, 5.74) is -2.92. The van der Waals surface area contributed by atoms with Crippen molar-refractivity contribution in [1.29, 1.82) is 0 Å². The van der Waals surface area contributed by atoms with Crippen molar-refractivity contribution in [3.05, 3.63) is 41.5 Å². The number of halogens is 4. The van der Waals surface area contributed by atoms with Crippen LogP contribution in [0.15, 0.2) is 24.3 Å². The molecule has 2 N–H and O–H groups in total. The molecule has 146 valence electrons. The summed E-state index contributed by atoms with van der Waals surface area (Å²) in [5, 5.41) is 17.4. The Morgan fingerprint density at radius 3 is 2.48 bits per heavy atom. The molecule has 2 aromatic rings. The Kier molecular flexibility index (Phi) is 6.48. The maximum Gasteiger partial charge on any atom is 0.435 e. The lowest BCUT2D eigenvalue weighted by Crippen LogP contribution is -2.28. The van der Waals surface area contributed by atoms with E-state index in [1.54, 1.807) is 0 Å². The van der Waals surface area contributed by atoms with E-state index < -0.39 is 40.9 Å². The third-order valence-corrected chi connectivity index (χ3v) is 3.59. The lowest BCUT2D eigenvalue weighted by molar-refractivity contribution is -0.143. The standard InChI is InChI=1S/C16H16F4N4O3/c17-10-6-3-4-7-11(10)24-14(16(18,19)20)13(22-23-24)15(27)21-9-5-1-2-8-12(25)26/h3-4,6-7H,1-2,5,8-9H2,(H,21,27)(H,25,26). The quantitative estimate of drug-likeness (QED) is 0.535. The van der Waals surface area contributed by atoms with Gasteiger partial charge in [-0.25, -0.2) is 9.07 Å². The van der Waals surface area contributed by atoms with Gasteiger partial charge in [0.15, 0.2) is 11.4 Å². The summed E-state index contributed by atoms with van der Waals surface area (Å²) in [6.07, 6.45) is -3.74. The van der Waals surface area contributed by atoms with Crippen molar-refractivity contribution < 1.29 is 32.3 Å². The average Bonchev–Trinajstić information content (AvgIpc) is 3.03. The monoisotopic (exact) mass is 388 g/mol. The number of aromatic nitrogens is 3. The summed E-state index contributed by atoms with van der Waals surface area (Å²) in [6, 6.07) is 4.69. The Labute approximate surface area is 151 Å². The molecule has 2 rings (SSSR count). The number of hydrogen-bond donors (Lipinski definition) is 2. The van der Waals surface area contributed by atoms with E-state index in [1.807, 2.05) is 0 Å². The first-order chi connectivity index (χ1) is 12.7. The molecule has 0 atom stereocenters. The van der Waals surface area contributed by atoms with Crippen molar-refractivity contribution in [2.24, 2.45) is 0 Å². The van der Waals surface area contributed by atoms with Gasteiger partial charge < -0.3 is 10.4 Å². The summed E-state index contributed by atoms with van der Waals surface area (Å²) in [4.78, 5) is 22.4. The van der Waals surface area contributed by atoms with Gasteiger partial charge in [-0.15, -0.1) is 5.10 Å². The minimum absolute atomic E-state index is 0.0247. The summed E-state index contributed by atoms with van der Waals surface area (Å²) in [6.45, 7) is 0.0440. The molecule has 0 unspecified atom stereocenters. The van der Waals surface area contributed by atoms with E-state index in [0.717, 1.165) is 12.1 Å². The van der Waals surface area contributed by atoms with Crippen LogP contribution in [0, 0.1) is 5.82 Å². The van der Waals surface area contributed by atoms with Crippen molar-refractivity contribution in [1.82, 2.24) is 20.3 Å². The molecule has 1 amide bonds. The van der Waals surface area contributed by atoms with Gasteiger partial charge in [0.1, 0.15) is 11.5 Å². The summed E-state index contributed by atoms with van der Waals surface area (Å²) in [7, 11) is 0. The molecule has 27 heavy (non-hydrogen) atoms. The van der Waals surface area contributed by atoms with Crippen LogP contribution in [0.1, 0.15) is 41.9 Å². The highest BCUT2D eigenvalue weighted by atomic mass is 19.4. The maximum absolute atomic E-state index is 13.8. The normalized spacial score (nSPS) is 11.4. The van der Waals surface area contributed by atoms with E-state index in [2.05, 4.69) is 15.6 Å². The van der Waals surface area contributed by atoms with E-state index in [9.17, 15) is 27.2 Å². The fourth-order valence-electron chi connectivity index (χ4n) is 2.34. The van der Waals surface area contributed by atoms with Crippen LogP contribution in [0.25, 0.3) is 5.69 Å². The molecule has 11 heteroatoms. The van der Waals surface area contributed by atoms with E-state index in [4.69, 9.17) is 5.11 Å². The Bertz CT molecular complexity index is 820. The first-order valence-electron chi connectivity index (χ1n) is 7.99. The fourth-order valence-corrected chi connectivity index (χ4v) is 2.34. The number of benzene rings is 1. The summed E-state index contributed by atoms with van der Waals surface area (Å²) in [5.74, 6) is -2.99. The van der Waals surface area contributed by atoms with Crippen LogP contribution in [0.2, 0.25) is 0 Å². The van der Waals surface area contributed by atoms with Gasteiger partial charge >= 0.3 is 12.1 Å². The third kappa shape index (κ3) is 5.25. The molecule has 1 aromatic heterocycles. The summed E-state index contributed by atoms with van der Waals surface area (Å²) >= 11 is 0. The number of amides is 1. The number of carbonyl (C=O) groups is 2. The van der Waals surface area contributed by atoms with Gasteiger partial charge in [-0.1, -0.05) is 23.8 Å². The molecule has 0 spiro atoms. The molecule has 0 aliphatic heterocycles. The highest BCUT2D eigenvalue weighted by Crippen LogP contribution is 2.33. The largest absolute Gasteiger partial charge is 0.481 e. The third-order valence-electron chi connectivity index (χ3n) is 3.59. The van der Waals surface area contributed by atoms with E-state index in [1.165, 1.54) is 12.1 Å². The Morgan fingerprint density at radius 1 is 1.15 bits per heavy atom. The number of carboxylic acids is 1. The van der Waals surface area contributed by atoms with Gasteiger partial charge in [0.25, 0.3) is 5.91 Å². The molecular formula is C16H16F4N4O3. The van der Waals surface area contributed by atoms with Crippen molar-refractivity contribution in [3.8, 4) is 5.69 Å². The average molecular weight is 388 g/mol. The number of alkyl halides is 3. The molecular weight excluding hydrogens is 372 g/mol. The second-order valence-corrected chi connectivity index (χ2v) is 5.61. The topological polar surface area (TPSA) is 97.1 Å². The van der Waals surface area contributed by atoms with E-state index in [-0.39, 0.29) is 17.6 Å². The van der Waals surface area contributed by atoms with Gasteiger partial charge in [0.2, 0.25) is 0 Å². The zero-order valence-electron chi connectivity index (χ0n) is 14.0. The van der Waals surface area contributed by atoms with Gasteiger partial charge in [-0.3, -0.25) is 9.59 Å². The van der Waals surface area contributed by atoms with E-state index >= 15 is 0 Å². The lowest BCUT2D eigenvalue weighted by atomic mass is 10.2. The number of aliphatic carboxylic acids is 1. The molecule has 0 aliphatic carbocycles. The van der Waals surface area contributed by atoms with Crippen LogP contribution in [0.4, 0.5) is 17.6 Å². The van der Waals surface area contributed by atoms with Crippen molar-refractivity contribution in [2.75, 3.05) is 6.54 Å². The van der Waals surface area contributed by atoms with Crippen LogP contribution in [0.3, 0.4) is 0 Å². The van der Waals surface area contributed by atoms with Crippen LogP contribution in [-0.4, -0.2) is 38.5 Å². The molecule has 0 fully saturated rings. The molecule has 0 aliphatic rings. The highest BCUT2D eigenvalue weighted by Gasteiger charge is 2.42. The number of nitrogens with zero attached hydrogens (tertiary/aromatic N) is 3. The highest BCUT2D eigenvalue weighted by molar-refractivity contribution is 5.93. The van der Waals surface area contributed by atoms with Crippen molar-refractivity contribution in [3.63, 3.8) is 0 Å². The summed E-state index contributed by atoms with van der Waals surface area (Å²) < 4.78 is 54.4. The fraction of sp³-hybridized carbons (Fsp3) is 0.375. The number of carbonyl (C=O) groups excluding carboxylic acids is 1. The zero-order valence-corrected chi connectivity index (χ0v) is 14.0. The molecule has 0 radical (unpaired) electrons. The van der Waals surface area contributed by atoms with E-state index in [0.29, 0.717) is 19.3 Å². The first-order valence-corrected chi connectivity index (χ1v) is 7.99. The number of carboxylic acid groups (broad SMARTS) is 1. The smallest absolute Gasteiger partial charge is 0.435 e. The number of nitrogens with one attached hydrogen (secondary N) is 1. The van der Waals surface area contributed by atoms with Crippen molar-refractivity contribution in [2.45, 2.75) is 31.9 Å². The van der Waals surface area contributed by atoms with Crippen LogP contribution < -0.4 is 5.32 Å². The molecule has 1 aromatic carbocycles. The molecule has 1 heterocycles. The number of hydrogen-bond acceptors (Lipinski definition) is 4. The first kappa shape index (κ1) is 20.3. The lowest BCUT2D eigenvalue weighted by Gasteiger charge is -2.11. The van der Waals surface area contributed by atoms with Crippen LogP contribution in [0.5, 0.6) is 0 Å². The Hall–Kier alpha value is -2.98. The predicted octanol–water partition coefficient (Wildman–Crippen LogP) is 2.80. The maximum atomic E-state index is 13.8. The predicted molar refractivity (Wildman–Crippen MR) is 84.8 cm³/mol. The van der Waals surface area contributed by atoms with Crippen LogP contribution in [-0.2, 0) is 11.0 Å².